The highest BCUT2D eigenvalue weighted by atomic mass is 32.2. The van der Waals surface area contributed by atoms with Crippen molar-refractivity contribution in [2.45, 2.75) is 35.7 Å². The molecule has 1 aromatic carbocycles. The van der Waals surface area contributed by atoms with Gasteiger partial charge in [-0.15, -0.1) is 0 Å². The maximum atomic E-state index is 12.5. The second-order valence-corrected chi connectivity index (χ2v) is 7.71. The SMILES string of the molecule is Cc1cc(Sc2ccc(C(=O)N[C@H]3CN4CCC3CC4)cc2)no1. The van der Waals surface area contributed by atoms with Gasteiger partial charge >= 0.3 is 0 Å². The van der Waals surface area contributed by atoms with Crippen LogP contribution in [0.4, 0.5) is 0 Å². The van der Waals surface area contributed by atoms with Gasteiger partial charge in [-0.1, -0.05) is 16.9 Å². The number of piperidine rings is 3. The molecule has 1 atom stereocenters. The quantitative estimate of drug-likeness (QED) is 0.925. The van der Waals surface area contributed by atoms with Crippen LogP contribution in [0.5, 0.6) is 0 Å². The fraction of sp³-hybridized carbons (Fsp3) is 0.444. The normalized spacial score (nSPS) is 25.6. The summed E-state index contributed by atoms with van der Waals surface area (Å²) >= 11 is 1.53. The highest BCUT2D eigenvalue weighted by Crippen LogP contribution is 2.29. The van der Waals surface area contributed by atoms with Gasteiger partial charge < -0.3 is 14.7 Å². The van der Waals surface area contributed by atoms with Crippen molar-refractivity contribution in [2.75, 3.05) is 19.6 Å². The summed E-state index contributed by atoms with van der Waals surface area (Å²) in [5.41, 5.74) is 0.715. The van der Waals surface area contributed by atoms with E-state index in [-0.39, 0.29) is 5.91 Å². The fourth-order valence-electron chi connectivity index (χ4n) is 3.57. The molecule has 3 fully saturated rings. The minimum absolute atomic E-state index is 0.0302. The van der Waals surface area contributed by atoms with Crippen LogP contribution in [0.2, 0.25) is 0 Å². The van der Waals surface area contributed by atoms with Crippen molar-refractivity contribution >= 4 is 17.7 Å². The van der Waals surface area contributed by atoms with Gasteiger partial charge in [-0.05, 0) is 63.0 Å². The van der Waals surface area contributed by atoms with Crippen molar-refractivity contribution in [3.8, 4) is 0 Å². The lowest BCUT2D eigenvalue weighted by Gasteiger charge is -2.44. The molecule has 3 aliphatic rings. The van der Waals surface area contributed by atoms with Crippen LogP contribution in [-0.4, -0.2) is 41.6 Å². The van der Waals surface area contributed by atoms with Crippen LogP contribution < -0.4 is 5.32 Å². The Balaban J connectivity index is 1.38. The number of hydrogen-bond donors (Lipinski definition) is 1. The molecule has 1 N–H and O–H groups in total. The smallest absolute Gasteiger partial charge is 0.251 e. The van der Waals surface area contributed by atoms with Gasteiger partial charge in [0.1, 0.15) is 10.8 Å². The lowest BCUT2D eigenvalue weighted by molar-refractivity contribution is 0.0620. The number of carbonyl (C=O) groups is 1. The van der Waals surface area contributed by atoms with Crippen LogP contribution in [0.15, 0.2) is 44.8 Å². The maximum Gasteiger partial charge on any atom is 0.251 e. The minimum Gasteiger partial charge on any atom is -0.361 e. The van der Waals surface area contributed by atoms with E-state index >= 15 is 0 Å². The summed E-state index contributed by atoms with van der Waals surface area (Å²) in [4.78, 5) is 16.0. The number of nitrogens with zero attached hydrogens (tertiary/aromatic N) is 2. The van der Waals surface area contributed by atoms with Gasteiger partial charge in [0.2, 0.25) is 0 Å². The lowest BCUT2D eigenvalue weighted by atomic mass is 9.84. The van der Waals surface area contributed by atoms with Gasteiger partial charge in [-0.3, -0.25) is 4.79 Å². The Morgan fingerprint density at radius 3 is 2.62 bits per heavy atom. The molecule has 3 saturated heterocycles. The van der Waals surface area contributed by atoms with E-state index in [1.165, 1.54) is 37.7 Å². The first-order valence-corrected chi connectivity index (χ1v) is 9.23. The van der Waals surface area contributed by atoms with Crippen LogP contribution in [-0.2, 0) is 0 Å². The number of rotatable bonds is 4. The van der Waals surface area contributed by atoms with Gasteiger partial charge in [0.15, 0.2) is 0 Å². The molecule has 24 heavy (non-hydrogen) atoms. The fourth-order valence-corrected chi connectivity index (χ4v) is 4.38. The predicted octanol–water partition coefficient (Wildman–Crippen LogP) is 2.96. The molecule has 5 rings (SSSR count). The average molecular weight is 343 g/mol. The van der Waals surface area contributed by atoms with E-state index in [1.54, 1.807) is 0 Å². The van der Waals surface area contributed by atoms with Crippen molar-refractivity contribution in [3.05, 3.63) is 41.7 Å². The number of fused-ring (bicyclic) bond motifs is 3. The van der Waals surface area contributed by atoms with Crippen LogP contribution >= 0.6 is 11.8 Å². The first-order valence-electron chi connectivity index (χ1n) is 8.42. The molecule has 0 spiro atoms. The molecule has 126 valence electrons. The third-order valence-electron chi connectivity index (χ3n) is 4.92. The summed E-state index contributed by atoms with van der Waals surface area (Å²) < 4.78 is 5.07. The minimum atomic E-state index is 0.0302. The zero-order valence-electron chi connectivity index (χ0n) is 13.7. The van der Waals surface area contributed by atoms with Gasteiger partial charge in [0.25, 0.3) is 5.91 Å². The van der Waals surface area contributed by atoms with E-state index in [2.05, 4.69) is 15.4 Å². The van der Waals surface area contributed by atoms with Crippen LogP contribution in [0.1, 0.15) is 29.0 Å². The molecule has 3 aliphatic heterocycles. The molecule has 6 heteroatoms. The Morgan fingerprint density at radius 1 is 1.29 bits per heavy atom. The number of benzene rings is 1. The van der Waals surface area contributed by atoms with Gasteiger partial charge in [-0.2, -0.15) is 0 Å². The largest absolute Gasteiger partial charge is 0.361 e. The first kappa shape index (κ1) is 15.7. The molecule has 1 aromatic heterocycles. The lowest BCUT2D eigenvalue weighted by Crippen LogP contribution is -2.57. The molecular weight excluding hydrogens is 322 g/mol. The van der Waals surface area contributed by atoms with Crippen molar-refractivity contribution in [2.24, 2.45) is 5.92 Å². The molecule has 0 radical (unpaired) electrons. The molecule has 1 amide bonds. The van der Waals surface area contributed by atoms with E-state index in [4.69, 9.17) is 4.52 Å². The first-order chi connectivity index (χ1) is 11.7. The van der Waals surface area contributed by atoms with Crippen LogP contribution in [0.3, 0.4) is 0 Å². The van der Waals surface area contributed by atoms with Gasteiger partial charge in [0, 0.05) is 29.1 Å². The second kappa shape index (κ2) is 6.61. The van der Waals surface area contributed by atoms with E-state index in [1.807, 2.05) is 37.3 Å². The van der Waals surface area contributed by atoms with E-state index in [0.717, 1.165) is 22.2 Å². The summed E-state index contributed by atoms with van der Waals surface area (Å²) in [5.74, 6) is 1.47. The molecule has 0 aliphatic carbocycles. The standard InChI is InChI=1S/C18H21N3O2S/c1-12-10-17(20-23-12)24-15-4-2-14(3-5-15)18(22)19-16-11-21-8-6-13(16)7-9-21/h2-5,10,13,16H,6-9,11H2,1H3,(H,19,22)/t16-/m0/s1. The molecule has 0 unspecified atom stereocenters. The van der Waals surface area contributed by atoms with Gasteiger partial charge in [-0.25, -0.2) is 0 Å². The Labute approximate surface area is 145 Å². The van der Waals surface area contributed by atoms with Crippen molar-refractivity contribution < 1.29 is 9.32 Å². The topological polar surface area (TPSA) is 58.4 Å². The monoisotopic (exact) mass is 343 g/mol. The predicted molar refractivity (Wildman–Crippen MR) is 92.2 cm³/mol. The molecular formula is C18H21N3O2S. The van der Waals surface area contributed by atoms with Crippen molar-refractivity contribution in [3.63, 3.8) is 0 Å². The second-order valence-electron chi connectivity index (χ2n) is 6.62. The van der Waals surface area contributed by atoms with E-state index in [0.29, 0.717) is 17.5 Å². The molecule has 2 aromatic rings. The zero-order chi connectivity index (χ0) is 16.5. The Bertz CT molecular complexity index is 720. The number of amides is 1. The third-order valence-corrected chi connectivity index (χ3v) is 5.83. The highest BCUT2D eigenvalue weighted by molar-refractivity contribution is 7.99. The average Bonchev–Trinajstić information content (AvgIpc) is 3.01. The van der Waals surface area contributed by atoms with Gasteiger partial charge in [0.05, 0.1) is 0 Å². The van der Waals surface area contributed by atoms with E-state index in [9.17, 15) is 4.79 Å². The Kier molecular flexibility index (Phi) is 4.33. The molecule has 5 nitrogen and oxygen atoms in total. The van der Waals surface area contributed by atoms with Crippen LogP contribution in [0.25, 0.3) is 0 Å². The van der Waals surface area contributed by atoms with Crippen molar-refractivity contribution in [1.29, 1.82) is 0 Å². The number of carbonyl (C=O) groups excluding carboxylic acids is 1. The van der Waals surface area contributed by atoms with Crippen LogP contribution in [0, 0.1) is 12.8 Å². The summed E-state index contributed by atoms with van der Waals surface area (Å²) in [7, 11) is 0. The molecule has 4 heterocycles. The third kappa shape index (κ3) is 3.35. The maximum absolute atomic E-state index is 12.5. The highest BCUT2D eigenvalue weighted by Gasteiger charge is 2.34. The molecule has 0 saturated carbocycles. The summed E-state index contributed by atoms with van der Waals surface area (Å²) in [6.45, 7) is 5.24. The summed E-state index contributed by atoms with van der Waals surface area (Å²) in [6.07, 6.45) is 2.41. The van der Waals surface area contributed by atoms with Crippen molar-refractivity contribution in [1.82, 2.24) is 15.4 Å². The zero-order valence-corrected chi connectivity index (χ0v) is 14.5. The Hall–Kier alpha value is -1.79. The summed E-state index contributed by atoms with van der Waals surface area (Å²) in [5, 5.41) is 8.03. The summed E-state index contributed by atoms with van der Waals surface area (Å²) in [6, 6.07) is 9.88. The number of nitrogens with one attached hydrogen (secondary N) is 1. The van der Waals surface area contributed by atoms with E-state index < -0.39 is 0 Å². The number of aryl methyl sites for hydroxylation is 1. The Morgan fingerprint density at radius 2 is 2.04 bits per heavy atom. The number of hydrogen-bond acceptors (Lipinski definition) is 5. The molecule has 2 bridgehead atoms. The number of aromatic nitrogens is 1.